The zero-order chi connectivity index (χ0) is 16.4. The predicted octanol–water partition coefficient (Wildman–Crippen LogP) is 2.96. The molecule has 0 saturated carbocycles. The number of carbonyl (C=O) groups is 1. The quantitative estimate of drug-likeness (QED) is 0.781. The molecule has 7 heteroatoms. The third kappa shape index (κ3) is 2.96. The molecule has 1 aromatic carbocycles. The van der Waals surface area contributed by atoms with Gasteiger partial charge in [-0.3, -0.25) is 9.48 Å². The molecule has 23 heavy (non-hydrogen) atoms. The van der Waals surface area contributed by atoms with Gasteiger partial charge < -0.3 is 5.32 Å². The summed E-state index contributed by atoms with van der Waals surface area (Å²) in [4.78, 5) is 13.0. The number of carbonyl (C=O) groups excluding carboxylic acids is 1. The number of aryl methyl sites for hydroxylation is 1. The lowest BCUT2D eigenvalue weighted by Crippen LogP contribution is -2.23. The molecule has 1 N–H and O–H groups in total. The number of benzene rings is 1. The monoisotopic (exact) mass is 329 g/mol. The van der Waals surface area contributed by atoms with Crippen molar-refractivity contribution in [2.45, 2.75) is 39.8 Å². The van der Waals surface area contributed by atoms with E-state index in [4.69, 9.17) is 0 Å². The van der Waals surface area contributed by atoms with Crippen LogP contribution in [0.25, 0.3) is 10.9 Å². The van der Waals surface area contributed by atoms with Crippen LogP contribution in [0.3, 0.4) is 0 Å². The van der Waals surface area contributed by atoms with Crippen molar-refractivity contribution in [3.8, 4) is 0 Å². The van der Waals surface area contributed by atoms with E-state index in [9.17, 15) is 4.79 Å². The highest BCUT2D eigenvalue weighted by molar-refractivity contribution is 7.08. The first-order valence-electron chi connectivity index (χ1n) is 7.66. The molecule has 1 amide bonds. The van der Waals surface area contributed by atoms with Crippen LogP contribution in [0.2, 0.25) is 0 Å². The van der Waals surface area contributed by atoms with E-state index in [0.717, 1.165) is 40.4 Å². The Morgan fingerprint density at radius 3 is 2.87 bits per heavy atom. The van der Waals surface area contributed by atoms with Crippen LogP contribution in [0.4, 0.5) is 0 Å². The Morgan fingerprint density at radius 1 is 1.35 bits per heavy atom. The third-order valence-corrected chi connectivity index (χ3v) is 4.46. The molecule has 0 fully saturated rings. The van der Waals surface area contributed by atoms with E-state index in [1.807, 2.05) is 42.8 Å². The van der Waals surface area contributed by atoms with Gasteiger partial charge in [-0.2, -0.15) is 5.10 Å². The standard InChI is InChI=1S/C16H19N5OS/c1-4-21-13-8-6-5-7-11(13)12(19-21)9-17-16(22)15-14(10(2)3)18-20-23-15/h5-8,10H,4,9H2,1-3H3,(H,17,22). The molecule has 0 unspecified atom stereocenters. The summed E-state index contributed by atoms with van der Waals surface area (Å²) in [5.74, 6) is 0.0356. The number of para-hydroxylation sites is 1. The maximum Gasteiger partial charge on any atom is 0.265 e. The number of nitrogens with one attached hydrogen (secondary N) is 1. The Morgan fingerprint density at radius 2 is 2.13 bits per heavy atom. The van der Waals surface area contributed by atoms with Crippen molar-refractivity contribution >= 4 is 28.3 Å². The molecule has 2 heterocycles. The summed E-state index contributed by atoms with van der Waals surface area (Å²) in [6, 6.07) is 8.06. The van der Waals surface area contributed by atoms with Gasteiger partial charge >= 0.3 is 0 Å². The third-order valence-electron chi connectivity index (χ3n) is 3.72. The fraction of sp³-hybridized carbons (Fsp3) is 0.375. The summed E-state index contributed by atoms with van der Waals surface area (Å²) in [7, 11) is 0. The number of hydrogen-bond acceptors (Lipinski definition) is 5. The predicted molar refractivity (Wildman–Crippen MR) is 90.6 cm³/mol. The molecule has 0 radical (unpaired) electrons. The number of hydrogen-bond donors (Lipinski definition) is 1. The van der Waals surface area contributed by atoms with Gasteiger partial charge in [0.2, 0.25) is 0 Å². The van der Waals surface area contributed by atoms with Crippen molar-refractivity contribution < 1.29 is 4.79 Å². The minimum atomic E-state index is -0.140. The lowest BCUT2D eigenvalue weighted by atomic mass is 10.1. The summed E-state index contributed by atoms with van der Waals surface area (Å²) >= 11 is 1.14. The van der Waals surface area contributed by atoms with Crippen LogP contribution in [-0.4, -0.2) is 25.3 Å². The summed E-state index contributed by atoms with van der Waals surface area (Å²) in [6.45, 7) is 7.25. The number of fused-ring (bicyclic) bond motifs is 1. The maximum atomic E-state index is 12.4. The van der Waals surface area contributed by atoms with Gasteiger partial charge in [0, 0.05) is 11.9 Å². The Bertz CT molecular complexity index is 836. The van der Waals surface area contributed by atoms with Gasteiger partial charge in [0.25, 0.3) is 5.91 Å². The van der Waals surface area contributed by atoms with Crippen molar-refractivity contribution in [1.82, 2.24) is 24.7 Å². The fourth-order valence-corrected chi connectivity index (χ4v) is 3.28. The van der Waals surface area contributed by atoms with Crippen molar-refractivity contribution in [3.63, 3.8) is 0 Å². The highest BCUT2D eigenvalue weighted by atomic mass is 32.1. The Balaban J connectivity index is 1.81. The van der Waals surface area contributed by atoms with Crippen LogP contribution in [-0.2, 0) is 13.1 Å². The molecule has 0 spiro atoms. The van der Waals surface area contributed by atoms with E-state index < -0.39 is 0 Å². The van der Waals surface area contributed by atoms with E-state index in [1.165, 1.54) is 0 Å². The molecule has 3 aromatic rings. The average molecular weight is 329 g/mol. The minimum absolute atomic E-state index is 0.140. The van der Waals surface area contributed by atoms with E-state index in [2.05, 4.69) is 26.9 Å². The molecule has 6 nitrogen and oxygen atoms in total. The highest BCUT2D eigenvalue weighted by Gasteiger charge is 2.19. The molecule has 0 bridgehead atoms. The van der Waals surface area contributed by atoms with Gasteiger partial charge in [-0.15, -0.1) is 5.10 Å². The molecule has 2 aromatic heterocycles. The lowest BCUT2D eigenvalue weighted by molar-refractivity contribution is 0.0953. The molecule has 0 atom stereocenters. The summed E-state index contributed by atoms with van der Waals surface area (Å²) in [5, 5.41) is 12.7. The summed E-state index contributed by atoms with van der Waals surface area (Å²) < 4.78 is 5.85. The SMILES string of the molecule is CCn1nc(CNC(=O)c2snnc2C(C)C)c2ccccc21. The van der Waals surface area contributed by atoms with Crippen LogP contribution in [0.5, 0.6) is 0 Å². The van der Waals surface area contributed by atoms with Crippen molar-refractivity contribution in [2.75, 3.05) is 0 Å². The first-order valence-corrected chi connectivity index (χ1v) is 8.44. The Kier molecular flexibility index (Phi) is 4.38. The topological polar surface area (TPSA) is 72.7 Å². The molecule has 0 aliphatic rings. The van der Waals surface area contributed by atoms with Gasteiger partial charge in [-0.25, -0.2) is 0 Å². The summed E-state index contributed by atoms with van der Waals surface area (Å²) in [5.41, 5.74) is 2.71. The van der Waals surface area contributed by atoms with Gasteiger partial charge in [0.05, 0.1) is 23.4 Å². The van der Waals surface area contributed by atoms with Crippen molar-refractivity contribution in [3.05, 3.63) is 40.5 Å². The van der Waals surface area contributed by atoms with Crippen molar-refractivity contribution in [1.29, 1.82) is 0 Å². The van der Waals surface area contributed by atoms with Crippen LogP contribution in [0, 0.1) is 0 Å². The first-order chi connectivity index (χ1) is 11.1. The van der Waals surface area contributed by atoms with Crippen LogP contribution in [0.15, 0.2) is 24.3 Å². The normalized spacial score (nSPS) is 11.3. The molecule has 0 aliphatic carbocycles. The van der Waals surface area contributed by atoms with Crippen molar-refractivity contribution in [2.24, 2.45) is 0 Å². The second-order valence-electron chi connectivity index (χ2n) is 5.60. The largest absolute Gasteiger partial charge is 0.345 e. The molecular weight excluding hydrogens is 310 g/mol. The number of amides is 1. The van der Waals surface area contributed by atoms with Gasteiger partial charge in [-0.05, 0) is 30.4 Å². The van der Waals surface area contributed by atoms with E-state index >= 15 is 0 Å². The molecule has 0 aliphatic heterocycles. The first kappa shape index (κ1) is 15.6. The molecular formula is C16H19N5OS. The molecule has 0 saturated heterocycles. The van der Waals surface area contributed by atoms with E-state index in [0.29, 0.717) is 11.4 Å². The van der Waals surface area contributed by atoms with Gasteiger partial charge in [0.15, 0.2) is 0 Å². The zero-order valence-electron chi connectivity index (χ0n) is 13.4. The Labute approximate surface area is 138 Å². The second kappa shape index (κ2) is 6.45. The second-order valence-corrected chi connectivity index (χ2v) is 6.36. The van der Waals surface area contributed by atoms with E-state index in [-0.39, 0.29) is 11.8 Å². The zero-order valence-corrected chi connectivity index (χ0v) is 14.2. The van der Waals surface area contributed by atoms with E-state index in [1.54, 1.807) is 0 Å². The van der Waals surface area contributed by atoms with Crippen LogP contribution >= 0.6 is 11.5 Å². The number of rotatable bonds is 5. The Hall–Kier alpha value is -2.28. The van der Waals surface area contributed by atoms with Gasteiger partial charge in [0.1, 0.15) is 4.88 Å². The smallest absolute Gasteiger partial charge is 0.265 e. The summed E-state index contributed by atoms with van der Waals surface area (Å²) in [6.07, 6.45) is 0. The highest BCUT2D eigenvalue weighted by Crippen LogP contribution is 2.21. The number of nitrogens with zero attached hydrogens (tertiary/aromatic N) is 4. The van der Waals surface area contributed by atoms with Crippen LogP contribution < -0.4 is 5.32 Å². The fourth-order valence-electron chi connectivity index (χ4n) is 2.54. The minimum Gasteiger partial charge on any atom is -0.345 e. The van der Waals surface area contributed by atoms with Gasteiger partial charge in [-0.1, -0.05) is 36.5 Å². The molecule has 3 rings (SSSR count). The van der Waals surface area contributed by atoms with Crippen LogP contribution in [0.1, 0.15) is 47.7 Å². The number of aromatic nitrogens is 4. The maximum absolute atomic E-state index is 12.4. The molecule has 120 valence electrons. The average Bonchev–Trinajstić information content (AvgIpc) is 3.17. The lowest BCUT2D eigenvalue weighted by Gasteiger charge is -2.05.